The molecule has 2 N–H and O–H groups in total. The van der Waals surface area contributed by atoms with E-state index in [1.165, 1.54) is 22.2 Å². The minimum absolute atomic E-state index is 0.0720. The number of hydrogen-bond acceptors (Lipinski definition) is 5. The summed E-state index contributed by atoms with van der Waals surface area (Å²) in [6.07, 6.45) is 0.861. The topological polar surface area (TPSA) is 84.2 Å². The molecule has 0 saturated heterocycles. The molecule has 6 nitrogen and oxygen atoms in total. The van der Waals surface area contributed by atoms with Crippen LogP contribution in [0.1, 0.15) is 29.1 Å². The molecule has 114 valence electrons. The summed E-state index contributed by atoms with van der Waals surface area (Å²) >= 11 is 1.20. The molecule has 1 amide bonds. The summed E-state index contributed by atoms with van der Waals surface area (Å²) in [7, 11) is 1.63. The molecule has 0 aliphatic heterocycles. The van der Waals surface area contributed by atoms with Crippen molar-refractivity contribution in [2.75, 3.05) is 6.54 Å². The smallest absolute Gasteiger partial charge is 0.262 e. The van der Waals surface area contributed by atoms with E-state index in [9.17, 15) is 14.7 Å². The molecule has 2 aromatic rings. The van der Waals surface area contributed by atoms with E-state index in [1.54, 1.807) is 14.0 Å². The molecule has 0 bridgehead atoms. The Morgan fingerprint density at radius 3 is 2.81 bits per heavy atom. The number of fused-ring (bicyclic) bond motifs is 1. The first kappa shape index (κ1) is 15.7. The van der Waals surface area contributed by atoms with E-state index in [0.717, 1.165) is 0 Å². The fourth-order valence-corrected chi connectivity index (χ4v) is 2.99. The maximum absolute atomic E-state index is 12.2. The molecular formula is C14H19N3O3S. The van der Waals surface area contributed by atoms with Gasteiger partial charge in [-0.05, 0) is 18.4 Å². The molecule has 0 fully saturated rings. The molecule has 7 heteroatoms. The zero-order valence-corrected chi connectivity index (χ0v) is 13.3. The number of thiophene rings is 1. The number of nitrogens with zero attached hydrogens (tertiary/aromatic N) is 2. The number of carbonyl (C=O) groups is 1. The molecule has 0 aliphatic rings. The van der Waals surface area contributed by atoms with Gasteiger partial charge in [-0.25, -0.2) is 4.98 Å². The first-order valence-electron chi connectivity index (χ1n) is 6.74. The molecule has 0 radical (unpaired) electrons. The first-order chi connectivity index (χ1) is 9.82. The van der Waals surface area contributed by atoms with Crippen LogP contribution in [0, 0.1) is 12.8 Å². The number of nitrogens with one attached hydrogen (secondary N) is 1. The molecule has 2 aromatic heterocycles. The second kappa shape index (κ2) is 5.95. The van der Waals surface area contributed by atoms with Gasteiger partial charge in [0.2, 0.25) is 0 Å². The van der Waals surface area contributed by atoms with Gasteiger partial charge in [-0.1, -0.05) is 13.8 Å². The van der Waals surface area contributed by atoms with E-state index in [2.05, 4.69) is 10.3 Å². The van der Waals surface area contributed by atoms with E-state index in [0.29, 0.717) is 20.7 Å². The van der Waals surface area contributed by atoms with E-state index in [1.807, 2.05) is 13.8 Å². The lowest BCUT2D eigenvalue weighted by Gasteiger charge is -2.14. The number of amides is 1. The Morgan fingerprint density at radius 2 is 2.19 bits per heavy atom. The van der Waals surface area contributed by atoms with Gasteiger partial charge >= 0.3 is 0 Å². The minimum Gasteiger partial charge on any atom is -0.391 e. The van der Waals surface area contributed by atoms with Crippen molar-refractivity contribution in [3.8, 4) is 0 Å². The molecule has 0 aromatic carbocycles. The largest absolute Gasteiger partial charge is 0.391 e. The zero-order chi connectivity index (χ0) is 15.7. The molecule has 1 unspecified atom stereocenters. The highest BCUT2D eigenvalue weighted by atomic mass is 32.1. The summed E-state index contributed by atoms with van der Waals surface area (Å²) in [4.78, 5) is 29.5. The van der Waals surface area contributed by atoms with Gasteiger partial charge in [-0.2, -0.15) is 0 Å². The van der Waals surface area contributed by atoms with Gasteiger partial charge < -0.3 is 15.0 Å². The van der Waals surface area contributed by atoms with Gasteiger partial charge in [-0.3, -0.25) is 9.59 Å². The number of carbonyl (C=O) groups excluding carboxylic acids is 1. The van der Waals surface area contributed by atoms with Crippen molar-refractivity contribution >= 4 is 27.5 Å². The van der Waals surface area contributed by atoms with Crippen LogP contribution in [-0.4, -0.2) is 33.2 Å². The van der Waals surface area contributed by atoms with Gasteiger partial charge in [0.25, 0.3) is 11.5 Å². The SMILES string of the molecule is Cc1c(C(=O)NCC(O)C(C)C)sc2ncn(C)c(=O)c12. The predicted octanol–water partition coefficient (Wildman–Crippen LogP) is 1.05. The number of aromatic nitrogens is 2. The number of aliphatic hydroxyl groups excluding tert-OH is 1. The minimum atomic E-state index is -0.588. The summed E-state index contributed by atoms with van der Waals surface area (Å²) in [6.45, 7) is 5.70. The summed E-state index contributed by atoms with van der Waals surface area (Å²) in [5, 5.41) is 12.9. The number of aryl methyl sites for hydroxylation is 2. The molecular weight excluding hydrogens is 290 g/mol. The third kappa shape index (κ3) is 2.98. The van der Waals surface area contributed by atoms with Crippen LogP contribution in [0.5, 0.6) is 0 Å². The predicted molar refractivity (Wildman–Crippen MR) is 82.8 cm³/mol. The maximum atomic E-state index is 12.2. The average Bonchev–Trinajstić information content (AvgIpc) is 2.77. The lowest BCUT2D eigenvalue weighted by molar-refractivity contribution is 0.0875. The van der Waals surface area contributed by atoms with Crippen molar-refractivity contribution in [2.24, 2.45) is 13.0 Å². The molecule has 0 spiro atoms. The molecule has 2 rings (SSSR count). The molecule has 21 heavy (non-hydrogen) atoms. The van der Waals surface area contributed by atoms with E-state index in [4.69, 9.17) is 0 Å². The van der Waals surface area contributed by atoms with Crippen LogP contribution in [0.2, 0.25) is 0 Å². The quantitative estimate of drug-likeness (QED) is 0.884. The van der Waals surface area contributed by atoms with Crippen LogP contribution >= 0.6 is 11.3 Å². The van der Waals surface area contributed by atoms with Crippen LogP contribution in [0.15, 0.2) is 11.1 Å². The Morgan fingerprint density at radius 1 is 1.52 bits per heavy atom. The second-order valence-corrected chi connectivity index (χ2v) is 6.42. The summed E-state index contributed by atoms with van der Waals surface area (Å²) in [5.74, 6) is -0.208. The Kier molecular flexibility index (Phi) is 4.43. The van der Waals surface area contributed by atoms with Crippen LogP contribution in [0.25, 0.3) is 10.2 Å². The maximum Gasteiger partial charge on any atom is 0.262 e. The standard InChI is InChI=1S/C14H19N3O3S/c1-7(2)9(18)5-15-12(19)11-8(3)10-13(21-11)16-6-17(4)14(10)20/h6-7,9,18H,5H2,1-4H3,(H,15,19). The van der Waals surface area contributed by atoms with E-state index < -0.39 is 6.10 Å². The third-order valence-corrected chi connectivity index (χ3v) is 4.66. The first-order valence-corrected chi connectivity index (χ1v) is 7.55. The second-order valence-electron chi connectivity index (χ2n) is 5.42. The summed E-state index contributed by atoms with van der Waals surface area (Å²) in [5.41, 5.74) is 0.482. The Balaban J connectivity index is 2.31. The highest BCUT2D eigenvalue weighted by Gasteiger charge is 2.20. The van der Waals surface area contributed by atoms with Crippen LogP contribution in [0.3, 0.4) is 0 Å². The van der Waals surface area contributed by atoms with Gasteiger partial charge in [0.05, 0.1) is 22.7 Å². The van der Waals surface area contributed by atoms with E-state index in [-0.39, 0.29) is 23.9 Å². The monoisotopic (exact) mass is 309 g/mol. The normalized spacial score (nSPS) is 12.9. The van der Waals surface area contributed by atoms with Crippen LogP contribution in [0.4, 0.5) is 0 Å². The Hall–Kier alpha value is -1.73. The third-order valence-electron chi connectivity index (χ3n) is 3.46. The fraction of sp³-hybridized carbons (Fsp3) is 0.500. The highest BCUT2D eigenvalue weighted by Crippen LogP contribution is 2.26. The van der Waals surface area contributed by atoms with Gasteiger partial charge in [0, 0.05) is 13.6 Å². The lowest BCUT2D eigenvalue weighted by Crippen LogP contribution is -2.34. The molecule has 0 saturated carbocycles. The van der Waals surface area contributed by atoms with Gasteiger partial charge in [0.15, 0.2) is 0 Å². The summed E-state index contributed by atoms with van der Waals surface area (Å²) in [6, 6.07) is 0. The van der Waals surface area contributed by atoms with Gasteiger partial charge in [-0.15, -0.1) is 11.3 Å². The number of hydrogen-bond donors (Lipinski definition) is 2. The van der Waals surface area contributed by atoms with Crippen molar-refractivity contribution in [1.29, 1.82) is 0 Å². The molecule has 1 atom stereocenters. The average molecular weight is 309 g/mol. The van der Waals surface area contributed by atoms with Crippen LogP contribution < -0.4 is 10.9 Å². The van der Waals surface area contributed by atoms with Crippen molar-refractivity contribution < 1.29 is 9.90 Å². The zero-order valence-electron chi connectivity index (χ0n) is 12.5. The van der Waals surface area contributed by atoms with Crippen molar-refractivity contribution in [2.45, 2.75) is 26.9 Å². The van der Waals surface area contributed by atoms with Gasteiger partial charge in [0.1, 0.15) is 4.83 Å². The Bertz CT molecular complexity index is 733. The van der Waals surface area contributed by atoms with E-state index >= 15 is 0 Å². The molecule has 2 heterocycles. The fourth-order valence-electron chi connectivity index (χ4n) is 1.94. The number of rotatable bonds is 4. The summed E-state index contributed by atoms with van der Waals surface area (Å²) < 4.78 is 1.40. The van der Waals surface area contributed by atoms with Crippen LogP contribution in [-0.2, 0) is 7.05 Å². The van der Waals surface area contributed by atoms with Crippen molar-refractivity contribution in [1.82, 2.24) is 14.9 Å². The molecule has 0 aliphatic carbocycles. The lowest BCUT2D eigenvalue weighted by atomic mass is 10.1. The van der Waals surface area contributed by atoms with Crippen molar-refractivity contribution in [3.63, 3.8) is 0 Å². The highest BCUT2D eigenvalue weighted by molar-refractivity contribution is 7.20. The number of aliphatic hydroxyl groups is 1. The Labute approximate surface area is 126 Å². The van der Waals surface area contributed by atoms with Crippen molar-refractivity contribution in [3.05, 3.63) is 27.1 Å².